The number of unbranched alkanes of at least 4 members (excludes halogenated alkanes) is 11. The average Bonchev–Trinajstić information content (AvgIpc) is 3.16. The predicted molar refractivity (Wildman–Crippen MR) is 206 cm³/mol. The molecule has 0 radical (unpaired) electrons. The number of carbonyl (C=O) groups is 4. The van der Waals surface area contributed by atoms with E-state index in [1.54, 1.807) is 0 Å². The highest BCUT2D eigenvalue weighted by molar-refractivity contribution is 5.84. The number of nitrogens with one attached hydrogen (secondary N) is 2. The molecule has 0 saturated heterocycles. The minimum atomic E-state index is -1.16. The molecule has 0 bridgehead atoms. The predicted octanol–water partition coefficient (Wildman–Crippen LogP) is 4.15. The molecule has 55 heavy (non-hydrogen) atoms. The lowest BCUT2D eigenvalue weighted by atomic mass is 10.0. The Balaban J connectivity index is 3.51. The Morgan fingerprint density at radius 2 is 0.782 bits per heavy atom. The summed E-state index contributed by atoms with van der Waals surface area (Å²) in [5, 5.41) is 23.4. The fourth-order valence-electron chi connectivity index (χ4n) is 5.16. The minimum absolute atomic E-state index is 0.00995. The monoisotopic (exact) mass is 795 g/mol. The Morgan fingerprint density at radius 1 is 0.436 bits per heavy atom. The highest BCUT2D eigenvalue weighted by Crippen LogP contribution is 2.13. The van der Waals surface area contributed by atoms with E-state index >= 15 is 0 Å². The maximum absolute atomic E-state index is 12.3. The quantitative estimate of drug-likeness (QED) is 0.0640. The van der Waals surface area contributed by atoms with Gasteiger partial charge in [-0.05, 0) is 26.2 Å². The van der Waals surface area contributed by atoms with Crippen LogP contribution in [0.1, 0.15) is 110 Å². The maximum atomic E-state index is 12.3. The summed E-state index contributed by atoms with van der Waals surface area (Å²) in [6.07, 6.45) is 13.0. The molecule has 0 aliphatic carbocycles. The molecule has 2 amide bonds. The summed E-state index contributed by atoms with van der Waals surface area (Å²) < 4.78 is 43.2. The summed E-state index contributed by atoms with van der Waals surface area (Å²) in [4.78, 5) is 46.6. The van der Waals surface area contributed by atoms with Crippen LogP contribution < -0.4 is 10.6 Å². The molecule has 0 aromatic carbocycles. The van der Waals surface area contributed by atoms with Gasteiger partial charge < -0.3 is 58.7 Å². The second-order valence-electron chi connectivity index (χ2n) is 13.0. The van der Waals surface area contributed by atoms with Crippen molar-refractivity contribution >= 4 is 23.8 Å². The van der Waals surface area contributed by atoms with Crippen LogP contribution in [0.15, 0.2) is 0 Å². The number of amides is 2. The molecule has 0 saturated carbocycles. The van der Waals surface area contributed by atoms with Gasteiger partial charge in [0, 0.05) is 32.4 Å². The summed E-state index contributed by atoms with van der Waals surface area (Å²) in [6.45, 7) is 9.94. The van der Waals surface area contributed by atoms with Crippen molar-refractivity contribution in [3.63, 3.8) is 0 Å². The molecule has 1 atom stereocenters. The molecule has 16 heteroatoms. The van der Waals surface area contributed by atoms with E-state index in [-0.39, 0.29) is 44.0 Å². The van der Waals surface area contributed by atoms with Crippen LogP contribution in [0.25, 0.3) is 0 Å². The first kappa shape index (κ1) is 52.6. The van der Waals surface area contributed by atoms with Gasteiger partial charge in [0.1, 0.15) is 6.04 Å². The molecular weight excluding hydrogens is 720 g/mol. The average molecular weight is 795 g/mol. The van der Waals surface area contributed by atoms with Crippen LogP contribution in [0.5, 0.6) is 0 Å². The number of aliphatic carboxylic acids is 2. The van der Waals surface area contributed by atoms with E-state index in [2.05, 4.69) is 10.6 Å². The van der Waals surface area contributed by atoms with Crippen molar-refractivity contribution in [2.75, 3.05) is 112 Å². The molecule has 0 rings (SSSR count). The van der Waals surface area contributed by atoms with Crippen molar-refractivity contribution in [1.82, 2.24) is 10.6 Å². The Morgan fingerprint density at radius 3 is 1.15 bits per heavy atom. The van der Waals surface area contributed by atoms with Crippen molar-refractivity contribution in [2.45, 2.75) is 116 Å². The number of rotatable bonds is 45. The van der Waals surface area contributed by atoms with E-state index in [1.165, 1.54) is 19.3 Å². The van der Waals surface area contributed by atoms with E-state index in [0.717, 1.165) is 51.4 Å². The van der Waals surface area contributed by atoms with Crippen molar-refractivity contribution < 1.29 is 67.3 Å². The standard InChI is InChI=1S/C39H74N2O14/c1-2-48-21-22-50-25-26-52-29-30-54-33-34-55-32-31-53-28-27-51-24-23-49-20-19-40-36(42)18-17-35(39(46)47)41-37(43)15-13-11-9-7-5-3-4-6-8-10-12-14-16-38(44)45/h35H,2-34H2,1H3,(H,40,42)(H,41,43)(H,44,45)(H,46,47)/t35-/m0/s1. The number of hydrogen-bond donors (Lipinski definition) is 4. The summed E-state index contributed by atoms with van der Waals surface area (Å²) in [6, 6.07) is -1.11. The molecule has 0 heterocycles. The lowest BCUT2D eigenvalue weighted by Gasteiger charge is -2.14. The maximum Gasteiger partial charge on any atom is 0.326 e. The van der Waals surface area contributed by atoms with Gasteiger partial charge in [-0.2, -0.15) is 0 Å². The van der Waals surface area contributed by atoms with Crippen LogP contribution in [-0.2, 0) is 57.1 Å². The topological polar surface area (TPSA) is 207 Å². The van der Waals surface area contributed by atoms with Gasteiger partial charge in [0.25, 0.3) is 0 Å². The van der Waals surface area contributed by atoms with E-state index in [1.807, 2.05) is 6.92 Å². The van der Waals surface area contributed by atoms with Gasteiger partial charge in [-0.1, -0.05) is 64.2 Å². The van der Waals surface area contributed by atoms with Crippen molar-refractivity contribution in [2.24, 2.45) is 0 Å². The zero-order valence-electron chi connectivity index (χ0n) is 33.7. The second-order valence-corrected chi connectivity index (χ2v) is 13.0. The molecule has 0 aliphatic rings. The van der Waals surface area contributed by atoms with Crippen LogP contribution in [0.4, 0.5) is 0 Å². The number of carboxylic acids is 2. The lowest BCUT2D eigenvalue weighted by Crippen LogP contribution is -2.41. The summed E-state index contributed by atoms with van der Waals surface area (Å²) in [5.74, 6) is -2.49. The fraction of sp³-hybridized carbons (Fsp3) is 0.897. The van der Waals surface area contributed by atoms with Crippen molar-refractivity contribution in [3.05, 3.63) is 0 Å². The first-order valence-corrected chi connectivity index (χ1v) is 20.5. The SMILES string of the molecule is CCOCCOCCOCCOCCOCCOCCOCCOCCNC(=O)CC[C@H](NC(=O)CCCCCCCCCCCCCCC(=O)O)C(=O)O. The normalized spacial score (nSPS) is 11.8. The highest BCUT2D eigenvalue weighted by atomic mass is 16.6. The van der Waals surface area contributed by atoms with Gasteiger partial charge in [0.2, 0.25) is 11.8 Å². The van der Waals surface area contributed by atoms with Gasteiger partial charge in [0.05, 0.1) is 99.1 Å². The molecule has 324 valence electrons. The van der Waals surface area contributed by atoms with Crippen LogP contribution >= 0.6 is 0 Å². The third kappa shape index (κ3) is 42.5. The molecular formula is C39H74N2O14. The van der Waals surface area contributed by atoms with Crippen molar-refractivity contribution in [1.29, 1.82) is 0 Å². The Hall–Kier alpha value is -2.44. The minimum Gasteiger partial charge on any atom is -0.481 e. The first-order valence-electron chi connectivity index (χ1n) is 20.5. The Bertz CT molecular complexity index is 899. The molecule has 0 aromatic rings. The zero-order valence-corrected chi connectivity index (χ0v) is 33.7. The lowest BCUT2D eigenvalue weighted by molar-refractivity contribution is -0.142. The number of carbonyl (C=O) groups excluding carboxylic acids is 2. The third-order valence-electron chi connectivity index (χ3n) is 8.21. The van der Waals surface area contributed by atoms with Gasteiger partial charge in [-0.3, -0.25) is 14.4 Å². The molecule has 0 spiro atoms. The molecule has 0 unspecified atom stereocenters. The van der Waals surface area contributed by atoms with Crippen LogP contribution in [-0.4, -0.2) is 152 Å². The van der Waals surface area contributed by atoms with E-state index in [0.29, 0.717) is 112 Å². The molecule has 4 N–H and O–H groups in total. The van der Waals surface area contributed by atoms with Crippen molar-refractivity contribution in [3.8, 4) is 0 Å². The Labute approximate surface area is 329 Å². The highest BCUT2D eigenvalue weighted by Gasteiger charge is 2.20. The largest absolute Gasteiger partial charge is 0.481 e. The molecule has 16 nitrogen and oxygen atoms in total. The van der Waals surface area contributed by atoms with Gasteiger partial charge in [-0.25, -0.2) is 4.79 Å². The fourth-order valence-corrected chi connectivity index (χ4v) is 5.16. The molecule has 0 aliphatic heterocycles. The smallest absolute Gasteiger partial charge is 0.326 e. The van der Waals surface area contributed by atoms with E-state index in [9.17, 15) is 24.3 Å². The molecule has 0 aromatic heterocycles. The zero-order chi connectivity index (χ0) is 40.3. The summed E-state index contributed by atoms with van der Waals surface area (Å²) in [5.41, 5.74) is 0. The summed E-state index contributed by atoms with van der Waals surface area (Å²) >= 11 is 0. The van der Waals surface area contributed by atoms with Gasteiger partial charge in [-0.15, -0.1) is 0 Å². The molecule has 0 fully saturated rings. The number of carboxylic acid groups (broad SMARTS) is 2. The van der Waals surface area contributed by atoms with E-state index < -0.39 is 18.0 Å². The van der Waals surface area contributed by atoms with Crippen LogP contribution in [0.2, 0.25) is 0 Å². The summed E-state index contributed by atoms with van der Waals surface area (Å²) in [7, 11) is 0. The van der Waals surface area contributed by atoms with Crippen LogP contribution in [0, 0.1) is 0 Å². The third-order valence-corrected chi connectivity index (χ3v) is 8.21. The Kier molecular flexibility index (Phi) is 40.8. The van der Waals surface area contributed by atoms with E-state index in [4.69, 9.17) is 43.0 Å². The number of ether oxygens (including phenoxy) is 8. The first-order chi connectivity index (χ1) is 26.9. The van der Waals surface area contributed by atoms with Crippen LogP contribution in [0.3, 0.4) is 0 Å². The second kappa shape index (κ2) is 42.7. The van der Waals surface area contributed by atoms with Gasteiger partial charge in [0.15, 0.2) is 0 Å². The number of hydrogen-bond acceptors (Lipinski definition) is 12. The van der Waals surface area contributed by atoms with Gasteiger partial charge >= 0.3 is 11.9 Å².